The maximum Gasteiger partial charge on any atom is 0.309 e. The van der Waals surface area contributed by atoms with Gasteiger partial charge in [0.05, 0.1) is 22.3 Å². The highest BCUT2D eigenvalue weighted by atomic mass is 16.6. The van der Waals surface area contributed by atoms with Crippen molar-refractivity contribution >= 4 is 11.5 Å². The lowest BCUT2D eigenvalue weighted by Gasteiger charge is -2.25. The SMILES string of the molecule is [2H]c1cc([C@]2(C#N)O[C@H](C([2H])([2H])O)[C@@H](OC(=O)C3CC3)[C@H]2O)n2[nH]cnc(=N)c12. The summed E-state index contributed by atoms with van der Waals surface area (Å²) in [7, 11) is 0. The van der Waals surface area contributed by atoms with E-state index in [0.29, 0.717) is 12.8 Å². The molecule has 1 aliphatic carbocycles. The monoisotopic (exact) mass is 362 g/mol. The first-order valence-corrected chi connectivity index (χ1v) is 7.91. The molecule has 0 unspecified atom stereocenters. The fourth-order valence-corrected chi connectivity index (χ4v) is 3.05. The van der Waals surface area contributed by atoms with E-state index in [9.17, 15) is 20.3 Å². The molecule has 0 aromatic carbocycles. The first kappa shape index (κ1) is 13.5. The van der Waals surface area contributed by atoms with Crippen LogP contribution in [0.15, 0.2) is 18.4 Å². The van der Waals surface area contributed by atoms with Gasteiger partial charge in [-0.2, -0.15) is 5.26 Å². The van der Waals surface area contributed by atoms with Gasteiger partial charge in [-0.25, -0.2) is 4.98 Å². The average molecular weight is 362 g/mol. The Kier molecular flexibility index (Phi) is 3.06. The Bertz CT molecular complexity index is 1090. The lowest BCUT2D eigenvalue weighted by molar-refractivity contribution is -0.158. The van der Waals surface area contributed by atoms with Gasteiger partial charge < -0.3 is 19.7 Å². The third-order valence-corrected chi connectivity index (χ3v) is 4.59. The topological polar surface area (TPSA) is 157 Å². The van der Waals surface area contributed by atoms with Gasteiger partial charge in [0.25, 0.3) is 0 Å². The highest BCUT2D eigenvalue weighted by molar-refractivity contribution is 5.75. The zero-order chi connectivity index (χ0) is 21.1. The maximum atomic E-state index is 12.1. The molecule has 2 fully saturated rings. The number of esters is 1. The van der Waals surface area contributed by atoms with Gasteiger partial charge in [0.15, 0.2) is 11.6 Å². The molecule has 1 saturated heterocycles. The van der Waals surface area contributed by atoms with Crippen LogP contribution in [-0.2, 0) is 19.9 Å². The van der Waals surface area contributed by atoms with Crippen LogP contribution < -0.4 is 5.49 Å². The van der Waals surface area contributed by atoms with Crippen LogP contribution in [0.3, 0.4) is 0 Å². The third-order valence-electron chi connectivity index (χ3n) is 4.59. The molecular weight excluding hydrogens is 342 g/mol. The smallest absolute Gasteiger partial charge is 0.309 e. The van der Waals surface area contributed by atoms with Gasteiger partial charge in [0, 0.05) is 0 Å². The second-order valence-electron chi connectivity index (χ2n) is 6.23. The summed E-state index contributed by atoms with van der Waals surface area (Å²) in [4.78, 5) is 15.9. The molecule has 1 saturated carbocycles. The second kappa shape index (κ2) is 5.91. The van der Waals surface area contributed by atoms with Gasteiger partial charge in [-0.1, -0.05) is 0 Å². The number of aromatic amines is 1. The number of fused-ring (bicyclic) bond motifs is 1. The van der Waals surface area contributed by atoms with Gasteiger partial charge in [0.1, 0.15) is 30.1 Å². The van der Waals surface area contributed by atoms with Crippen LogP contribution in [-0.4, -0.2) is 55.7 Å². The molecule has 4 rings (SSSR count). The van der Waals surface area contributed by atoms with E-state index >= 15 is 0 Å². The molecule has 10 nitrogen and oxygen atoms in total. The number of hydrogen-bond donors (Lipinski definition) is 4. The van der Waals surface area contributed by atoms with Crippen molar-refractivity contribution in [1.29, 1.82) is 10.7 Å². The minimum absolute atomic E-state index is 0.00471. The number of H-pyrrole nitrogens is 1. The molecule has 136 valence electrons. The normalized spacial score (nSPS) is 33.3. The van der Waals surface area contributed by atoms with E-state index in [-0.39, 0.29) is 28.7 Å². The van der Waals surface area contributed by atoms with Gasteiger partial charge in [-0.15, -0.1) is 0 Å². The lowest BCUT2D eigenvalue weighted by Crippen LogP contribution is -2.43. The van der Waals surface area contributed by atoms with Crippen molar-refractivity contribution in [3.05, 3.63) is 29.6 Å². The number of nitrogens with zero attached hydrogens (tertiary/aromatic N) is 3. The summed E-state index contributed by atoms with van der Waals surface area (Å²) in [5.41, 5.74) is -2.69. The molecular formula is C16H17N5O5. The van der Waals surface area contributed by atoms with Gasteiger partial charge in [-0.3, -0.25) is 19.8 Å². The van der Waals surface area contributed by atoms with Crippen molar-refractivity contribution < 1.29 is 28.6 Å². The maximum absolute atomic E-state index is 12.1. The highest BCUT2D eigenvalue weighted by Crippen LogP contribution is 2.42. The van der Waals surface area contributed by atoms with Crippen molar-refractivity contribution in [3.63, 3.8) is 0 Å². The number of hydrogen-bond acceptors (Lipinski definition) is 8. The summed E-state index contributed by atoms with van der Waals surface area (Å²) < 4.78 is 35.2. The van der Waals surface area contributed by atoms with Crippen LogP contribution in [0.5, 0.6) is 0 Å². The van der Waals surface area contributed by atoms with Crippen molar-refractivity contribution in [2.24, 2.45) is 5.92 Å². The van der Waals surface area contributed by atoms with Crippen LogP contribution in [0.2, 0.25) is 0 Å². The average Bonchev–Trinajstić information content (AvgIpc) is 3.39. The van der Waals surface area contributed by atoms with E-state index in [1.165, 1.54) is 0 Å². The first-order chi connectivity index (χ1) is 13.6. The summed E-state index contributed by atoms with van der Waals surface area (Å²) in [5.74, 6) is -1.05. The summed E-state index contributed by atoms with van der Waals surface area (Å²) in [6.45, 7) is -3.04. The zero-order valence-corrected chi connectivity index (χ0v) is 13.3. The van der Waals surface area contributed by atoms with Crippen molar-refractivity contribution in [3.8, 4) is 6.07 Å². The molecule has 2 aromatic rings. The number of rotatable bonds is 4. The number of carbonyl (C=O) groups excluding carboxylic acids is 1. The van der Waals surface area contributed by atoms with E-state index in [4.69, 9.17) is 19.0 Å². The quantitative estimate of drug-likeness (QED) is 0.505. The third kappa shape index (κ3) is 2.33. The predicted octanol–water partition coefficient (Wildman–Crippen LogP) is -1.07. The molecule has 0 radical (unpaired) electrons. The standard InChI is InChI=1S/C16H17N5O5/c17-6-16(11-4-3-9-14(18)19-7-20-21(9)11)13(23)12(10(5-22)26-16)25-15(24)8-1-2-8/h3-4,7-8,10,12-13,22-23H,1-2,5H2,(H2,18,19,20)/t10-,12-,13-,16+/m1/s1/i3D,5D2. The van der Waals surface area contributed by atoms with Gasteiger partial charge >= 0.3 is 5.97 Å². The summed E-state index contributed by atoms with van der Waals surface area (Å²) in [6, 6.07) is 2.74. The number of aliphatic hydroxyl groups is 2. The predicted molar refractivity (Wildman–Crippen MR) is 83.3 cm³/mol. The van der Waals surface area contributed by atoms with Crippen molar-refractivity contribution in [2.75, 3.05) is 6.56 Å². The van der Waals surface area contributed by atoms with Gasteiger partial charge in [0.2, 0.25) is 5.60 Å². The van der Waals surface area contributed by atoms with E-state index in [1.54, 1.807) is 6.07 Å². The van der Waals surface area contributed by atoms with E-state index in [2.05, 4.69) is 10.1 Å². The molecule has 0 amide bonds. The molecule has 2 aliphatic rings. The first-order valence-electron chi connectivity index (χ1n) is 9.41. The Morgan fingerprint density at radius 3 is 3.15 bits per heavy atom. The fraction of sp³-hybridized carbons (Fsp3) is 0.500. The summed E-state index contributed by atoms with van der Waals surface area (Å²) >= 11 is 0. The summed E-state index contributed by atoms with van der Waals surface area (Å²) in [5, 5.41) is 41.2. The molecule has 2 aromatic heterocycles. The Balaban J connectivity index is 1.85. The Labute approximate surface area is 151 Å². The molecule has 0 bridgehead atoms. The molecule has 4 atom stereocenters. The number of nitrogens with one attached hydrogen (secondary N) is 2. The Morgan fingerprint density at radius 1 is 1.73 bits per heavy atom. The number of nitriles is 1. The van der Waals surface area contributed by atoms with Crippen LogP contribution in [0.1, 0.15) is 22.6 Å². The van der Waals surface area contributed by atoms with Crippen LogP contribution in [0.25, 0.3) is 5.52 Å². The molecule has 4 N–H and O–H groups in total. The van der Waals surface area contributed by atoms with E-state index < -0.39 is 36.4 Å². The van der Waals surface area contributed by atoms with E-state index in [0.717, 1.165) is 16.9 Å². The molecule has 10 heteroatoms. The lowest BCUT2D eigenvalue weighted by atomic mass is 9.92. The van der Waals surface area contributed by atoms with Crippen molar-refractivity contribution in [2.45, 2.75) is 36.8 Å². The highest BCUT2D eigenvalue weighted by Gasteiger charge is 2.59. The Hall–Kier alpha value is -2.74. The van der Waals surface area contributed by atoms with Gasteiger partial charge in [-0.05, 0) is 25.0 Å². The largest absolute Gasteiger partial charge is 0.456 e. The molecule has 1 aliphatic heterocycles. The number of carbonyl (C=O) groups is 1. The molecule has 26 heavy (non-hydrogen) atoms. The van der Waals surface area contributed by atoms with E-state index in [1.807, 2.05) is 0 Å². The van der Waals surface area contributed by atoms with Crippen molar-refractivity contribution in [1.82, 2.24) is 14.6 Å². The molecule has 0 spiro atoms. The molecule has 3 heterocycles. The number of aromatic nitrogens is 3. The second-order valence-corrected chi connectivity index (χ2v) is 6.23. The fourth-order valence-electron chi connectivity index (χ4n) is 3.05. The zero-order valence-electron chi connectivity index (χ0n) is 16.3. The van der Waals surface area contributed by atoms with Crippen LogP contribution in [0.4, 0.5) is 0 Å². The minimum Gasteiger partial charge on any atom is -0.456 e. The Morgan fingerprint density at radius 2 is 2.50 bits per heavy atom. The van der Waals surface area contributed by atoms with Crippen LogP contribution in [0, 0.1) is 22.7 Å². The van der Waals surface area contributed by atoms with Crippen LogP contribution >= 0.6 is 0 Å². The summed E-state index contributed by atoms with van der Waals surface area (Å²) in [6.07, 6.45) is -3.07. The minimum atomic E-state index is -3.04. The number of ether oxygens (including phenoxy) is 2. The number of aliphatic hydroxyl groups excluding tert-OH is 1.